The van der Waals surface area contributed by atoms with Crippen molar-refractivity contribution in [1.29, 1.82) is 0 Å². The zero-order valence-corrected chi connectivity index (χ0v) is 8.58. The Kier molecular flexibility index (Phi) is 6.98. The summed E-state index contributed by atoms with van der Waals surface area (Å²) in [6.07, 6.45) is 5.36. The molecule has 0 saturated carbocycles. The number of urea groups is 1. The smallest absolute Gasteiger partial charge is 0.322 e. The molecular weight excluding hydrogens is 214 g/mol. The molecule has 7 heteroatoms. The van der Waals surface area contributed by atoms with Crippen molar-refractivity contribution in [3.8, 4) is 12.3 Å². The number of terminal acetylenes is 1. The summed E-state index contributed by atoms with van der Waals surface area (Å²) in [6.45, 7) is -0.437. The summed E-state index contributed by atoms with van der Waals surface area (Å²) >= 11 is 0. The van der Waals surface area contributed by atoms with Crippen LogP contribution in [0, 0.1) is 12.3 Å². The minimum atomic E-state index is -1.15. The van der Waals surface area contributed by atoms with Gasteiger partial charge in [-0.1, -0.05) is 0 Å². The van der Waals surface area contributed by atoms with Gasteiger partial charge in [0.25, 0.3) is 0 Å². The minimum absolute atomic E-state index is 0.283. The van der Waals surface area contributed by atoms with Gasteiger partial charge >= 0.3 is 12.0 Å². The lowest BCUT2D eigenvalue weighted by Crippen LogP contribution is -2.43. The first-order valence-electron chi connectivity index (χ1n) is 4.50. The second-order valence-electron chi connectivity index (χ2n) is 2.73. The van der Waals surface area contributed by atoms with E-state index in [1.54, 1.807) is 0 Å². The fourth-order valence-electron chi connectivity index (χ4n) is 0.708. The van der Waals surface area contributed by atoms with Gasteiger partial charge in [-0.25, -0.2) is 4.79 Å². The summed E-state index contributed by atoms with van der Waals surface area (Å²) in [4.78, 5) is 32.0. The first kappa shape index (κ1) is 13.8. The molecular formula is C9H13N3O4. The first-order chi connectivity index (χ1) is 7.56. The van der Waals surface area contributed by atoms with E-state index in [-0.39, 0.29) is 6.54 Å². The van der Waals surface area contributed by atoms with Crippen LogP contribution >= 0.6 is 0 Å². The Morgan fingerprint density at radius 3 is 2.38 bits per heavy atom. The maximum Gasteiger partial charge on any atom is 0.322 e. The number of aliphatic carboxylic acids is 1. The van der Waals surface area contributed by atoms with Gasteiger partial charge < -0.3 is 21.1 Å². The van der Waals surface area contributed by atoms with Crippen LogP contribution < -0.4 is 16.0 Å². The third kappa shape index (κ3) is 8.37. The van der Waals surface area contributed by atoms with Crippen molar-refractivity contribution in [3.63, 3.8) is 0 Å². The summed E-state index contributed by atoms with van der Waals surface area (Å²) in [5.74, 6) is 0.613. The lowest BCUT2D eigenvalue weighted by molar-refractivity contribution is -0.137. The Morgan fingerprint density at radius 1 is 1.12 bits per heavy atom. The zero-order valence-electron chi connectivity index (χ0n) is 8.58. The Balaban J connectivity index is 3.56. The van der Waals surface area contributed by atoms with E-state index < -0.39 is 24.5 Å². The lowest BCUT2D eigenvalue weighted by Gasteiger charge is -2.06. The quantitative estimate of drug-likeness (QED) is 0.327. The summed E-state index contributed by atoms with van der Waals surface area (Å²) in [7, 11) is 0. The van der Waals surface area contributed by atoms with E-state index in [1.807, 2.05) is 0 Å². The Morgan fingerprint density at radius 2 is 1.81 bits per heavy atom. The largest absolute Gasteiger partial charge is 0.480 e. The van der Waals surface area contributed by atoms with Crippen molar-refractivity contribution in [3.05, 3.63) is 0 Å². The SMILES string of the molecule is C#CCCNC(=O)NCC(=O)NCC(=O)O. The van der Waals surface area contributed by atoms with Gasteiger partial charge in [-0.05, 0) is 0 Å². The number of hydrogen-bond donors (Lipinski definition) is 4. The van der Waals surface area contributed by atoms with Gasteiger partial charge in [-0.15, -0.1) is 12.3 Å². The van der Waals surface area contributed by atoms with Gasteiger partial charge in [0.15, 0.2) is 0 Å². The minimum Gasteiger partial charge on any atom is -0.480 e. The molecule has 0 spiro atoms. The molecule has 88 valence electrons. The Hall–Kier alpha value is -2.23. The predicted molar refractivity (Wildman–Crippen MR) is 55.5 cm³/mol. The summed E-state index contributed by atoms with van der Waals surface area (Å²) in [6, 6.07) is -0.527. The number of carboxylic acid groups (broad SMARTS) is 1. The molecule has 0 saturated heterocycles. The summed E-state index contributed by atoms with van der Waals surface area (Å²) in [5, 5.41) is 15.0. The highest BCUT2D eigenvalue weighted by Crippen LogP contribution is 1.72. The van der Waals surface area contributed by atoms with Crippen LogP contribution in [0.2, 0.25) is 0 Å². The van der Waals surface area contributed by atoms with E-state index >= 15 is 0 Å². The molecule has 0 aromatic heterocycles. The van der Waals surface area contributed by atoms with Crippen LogP contribution in [0.15, 0.2) is 0 Å². The van der Waals surface area contributed by atoms with E-state index in [0.717, 1.165) is 0 Å². The second-order valence-corrected chi connectivity index (χ2v) is 2.73. The van der Waals surface area contributed by atoms with E-state index in [0.29, 0.717) is 13.0 Å². The number of carboxylic acids is 1. The number of nitrogens with one attached hydrogen (secondary N) is 3. The van der Waals surface area contributed by atoms with Crippen LogP contribution in [0.1, 0.15) is 6.42 Å². The average molecular weight is 227 g/mol. The zero-order chi connectivity index (χ0) is 12.4. The first-order valence-corrected chi connectivity index (χ1v) is 4.50. The molecule has 0 fully saturated rings. The van der Waals surface area contributed by atoms with Crippen LogP contribution in [0.5, 0.6) is 0 Å². The highest BCUT2D eigenvalue weighted by atomic mass is 16.4. The molecule has 16 heavy (non-hydrogen) atoms. The van der Waals surface area contributed by atoms with Crippen molar-refractivity contribution in [2.45, 2.75) is 6.42 Å². The molecule has 0 aromatic rings. The maximum atomic E-state index is 11.0. The van der Waals surface area contributed by atoms with Crippen molar-refractivity contribution < 1.29 is 19.5 Å². The maximum absolute atomic E-state index is 11.0. The molecule has 0 aliphatic carbocycles. The lowest BCUT2D eigenvalue weighted by atomic mass is 10.4. The Bertz CT molecular complexity index is 308. The van der Waals surface area contributed by atoms with Crippen molar-refractivity contribution in [2.75, 3.05) is 19.6 Å². The van der Waals surface area contributed by atoms with Crippen LogP contribution in [0.25, 0.3) is 0 Å². The molecule has 0 radical (unpaired) electrons. The van der Waals surface area contributed by atoms with Gasteiger partial charge in [-0.3, -0.25) is 9.59 Å². The standard InChI is InChI=1S/C9H13N3O4/c1-2-3-4-10-9(16)12-5-7(13)11-6-8(14)15/h1H,3-6H2,(H,11,13)(H,14,15)(H2,10,12,16). The second kappa shape index (κ2) is 8.11. The molecule has 0 bridgehead atoms. The van der Waals surface area contributed by atoms with Crippen molar-refractivity contribution in [1.82, 2.24) is 16.0 Å². The Labute approximate surface area is 92.6 Å². The molecule has 0 rings (SSSR count). The van der Waals surface area contributed by atoms with Crippen molar-refractivity contribution >= 4 is 17.9 Å². The van der Waals surface area contributed by atoms with E-state index in [9.17, 15) is 14.4 Å². The average Bonchev–Trinajstić information content (AvgIpc) is 2.24. The molecule has 0 aliphatic rings. The van der Waals surface area contributed by atoms with E-state index in [4.69, 9.17) is 11.5 Å². The molecule has 7 nitrogen and oxygen atoms in total. The highest BCUT2D eigenvalue weighted by Gasteiger charge is 2.05. The van der Waals surface area contributed by atoms with Gasteiger partial charge in [0.2, 0.25) is 5.91 Å². The molecule has 0 aromatic carbocycles. The molecule has 0 heterocycles. The third-order valence-electron chi connectivity index (χ3n) is 1.40. The highest BCUT2D eigenvalue weighted by molar-refractivity contribution is 5.86. The molecule has 0 atom stereocenters. The van der Waals surface area contributed by atoms with Crippen molar-refractivity contribution in [2.24, 2.45) is 0 Å². The van der Waals surface area contributed by atoms with Crippen LogP contribution in [-0.4, -0.2) is 42.6 Å². The monoisotopic (exact) mass is 227 g/mol. The number of carbonyl (C=O) groups excluding carboxylic acids is 2. The number of amides is 3. The van der Waals surface area contributed by atoms with Crippen LogP contribution in [0.3, 0.4) is 0 Å². The van der Waals surface area contributed by atoms with E-state index in [1.165, 1.54) is 0 Å². The summed E-state index contributed by atoms with van der Waals surface area (Å²) < 4.78 is 0. The van der Waals surface area contributed by atoms with Gasteiger partial charge in [-0.2, -0.15) is 0 Å². The van der Waals surface area contributed by atoms with Gasteiger partial charge in [0, 0.05) is 13.0 Å². The fraction of sp³-hybridized carbons (Fsp3) is 0.444. The predicted octanol–water partition coefficient (Wildman–Crippen LogP) is -1.49. The summed E-state index contributed by atoms with van der Waals surface area (Å²) in [5.41, 5.74) is 0. The third-order valence-corrected chi connectivity index (χ3v) is 1.40. The van der Waals surface area contributed by atoms with Gasteiger partial charge in [0.05, 0.1) is 6.54 Å². The number of rotatable bonds is 6. The molecule has 4 N–H and O–H groups in total. The molecule has 0 unspecified atom stereocenters. The number of hydrogen-bond acceptors (Lipinski definition) is 3. The normalized spacial score (nSPS) is 8.69. The number of carbonyl (C=O) groups is 3. The fourth-order valence-corrected chi connectivity index (χ4v) is 0.708. The topological polar surface area (TPSA) is 108 Å². The van der Waals surface area contributed by atoms with Crippen LogP contribution in [0.4, 0.5) is 4.79 Å². The van der Waals surface area contributed by atoms with Gasteiger partial charge in [0.1, 0.15) is 6.54 Å². The van der Waals surface area contributed by atoms with E-state index in [2.05, 4.69) is 21.9 Å². The molecule has 0 aliphatic heterocycles. The van der Waals surface area contributed by atoms with Crippen LogP contribution in [-0.2, 0) is 9.59 Å². The molecule has 3 amide bonds.